The molecule has 0 aromatic carbocycles. The van der Waals surface area contributed by atoms with Crippen LogP contribution in [0.1, 0.15) is 79.1 Å². The average molecular weight is 310 g/mol. The van der Waals surface area contributed by atoms with Crippen molar-refractivity contribution in [3.05, 3.63) is 0 Å². The van der Waals surface area contributed by atoms with E-state index < -0.39 is 0 Å². The highest BCUT2D eigenvalue weighted by molar-refractivity contribution is 4.49. The predicted octanol–water partition coefficient (Wildman–Crippen LogP) is 3.61. The first kappa shape index (κ1) is 28.9. The Labute approximate surface area is 133 Å². The number of quaternary nitrogens is 1. The van der Waals surface area contributed by atoms with Crippen LogP contribution in [0.3, 0.4) is 0 Å². The zero-order valence-corrected chi connectivity index (χ0v) is 15.3. The van der Waals surface area contributed by atoms with Gasteiger partial charge in [-0.2, -0.15) is 0 Å². The maximum Gasteiger partial charge on any atom is 0.0786 e. The Morgan fingerprint density at radius 3 is 0.905 bits per heavy atom. The predicted molar refractivity (Wildman–Crippen MR) is 93.1 cm³/mol. The molecular weight excluding hydrogens is 266 g/mol. The Morgan fingerprint density at radius 1 is 0.571 bits per heavy atom. The van der Waals surface area contributed by atoms with E-state index in [0.717, 1.165) is 7.11 Å². The van der Waals surface area contributed by atoms with E-state index in [1.165, 1.54) is 82.0 Å². The number of aliphatic hydroxyl groups is 1. The molecule has 0 atom stereocenters. The third-order valence-corrected chi connectivity index (χ3v) is 3.94. The highest BCUT2D eigenvalue weighted by Gasteiger charge is 2.24. The third-order valence-electron chi connectivity index (χ3n) is 3.94. The fourth-order valence-electron chi connectivity index (χ4n) is 2.64. The van der Waals surface area contributed by atoms with Gasteiger partial charge in [0.2, 0.25) is 0 Å². The molecule has 0 spiro atoms. The summed E-state index contributed by atoms with van der Waals surface area (Å²) in [5.41, 5.74) is 0. The second-order valence-electron chi connectivity index (χ2n) is 5.65. The number of unbranched alkanes of at least 4 members (excludes halogenated alkanes) is 4. The minimum Gasteiger partial charge on any atom is -0.870 e. The Balaban J connectivity index is -0.000000344. The summed E-state index contributed by atoms with van der Waals surface area (Å²) in [4.78, 5) is 0. The van der Waals surface area contributed by atoms with Crippen LogP contribution in [0.5, 0.6) is 0 Å². The van der Waals surface area contributed by atoms with Gasteiger partial charge in [-0.05, 0) is 25.7 Å². The first-order valence-electron chi connectivity index (χ1n) is 8.54. The zero-order valence-electron chi connectivity index (χ0n) is 15.3. The maximum atomic E-state index is 7.00. The standard InChI is InChI=1S/C16H36N.CH4O.2H2O/c1-5-9-13-17(14-10-6-2,15-11-7-3)16-12-8-4;1-2;;/h5-16H2,1-4H3;2H,1H3;2*1H2/q+1;;;/p-1. The fraction of sp³-hybridized carbons (Fsp3) is 1.00. The lowest BCUT2D eigenvalue weighted by atomic mass is 10.1. The summed E-state index contributed by atoms with van der Waals surface area (Å²) in [7, 11) is 1.00. The van der Waals surface area contributed by atoms with Crippen molar-refractivity contribution in [2.75, 3.05) is 33.3 Å². The van der Waals surface area contributed by atoms with Crippen LogP contribution in [-0.2, 0) is 0 Å². The van der Waals surface area contributed by atoms with Crippen molar-refractivity contribution in [1.29, 1.82) is 0 Å². The Kier molecular flexibility index (Phi) is 30.5. The van der Waals surface area contributed by atoms with Gasteiger partial charge >= 0.3 is 0 Å². The smallest absolute Gasteiger partial charge is 0.0786 e. The van der Waals surface area contributed by atoms with Gasteiger partial charge in [-0.25, -0.2) is 0 Å². The zero-order chi connectivity index (χ0) is 15.0. The molecule has 0 saturated heterocycles. The molecule has 0 rings (SSSR count). The quantitative estimate of drug-likeness (QED) is 0.559. The van der Waals surface area contributed by atoms with Gasteiger partial charge < -0.3 is 20.5 Å². The minimum absolute atomic E-state index is 0. The van der Waals surface area contributed by atoms with Gasteiger partial charge in [-0.1, -0.05) is 53.4 Å². The molecule has 134 valence electrons. The van der Waals surface area contributed by atoms with Crippen LogP contribution in [-0.4, -0.2) is 53.8 Å². The number of aliphatic hydroxyl groups excluding tert-OH is 1. The van der Waals surface area contributed by atoms with E-state index in [9.17, 15) is 0 Å². The van der Waals surface area contributed by atoms with Crippen LogP contribution < -0.4 is 0 Å². The van der Waals surface area contributed by atoms with Gasteiger partial charge in [-0.15, -0.1) is 0 Å². The normalized spacial score (nSPS) is 10.0. The fourth-order valence-corrected chi connectivity index (χ4v) is 2.64. The van der Waals surface area contributed by atoms with Crippen molar-refractivity contribution in [3.8, 4) is 0 Å². The monoisotopic (exact) mass is 309 g/mol. The highest BCUT2D eigenvalue weighted by atomic mass is 16.2. The van der Waals surface area contributed by atoms with Crippen LogP contribution in [0.2, 0.25) is 0 Å². The summed E-state index contributed by atoms with van der Waals surface area (Å²) in [5.74, 6) is 0. The summed E-state index contributed by atoms with van der Waals surface area (Å²) < 4.78 is 1.42. The van der Waals surface area contributed by atoms with Crippen molar-refractivity contribution < 1.29 is 20.5 Å². The third kappa shape index (κ3) is 16.0. The molecule has 0 aliphatic rings. The molecule has 0 heterocycles. The molecule has 0 unspecified atom stereocenters. The number of hydrogen-bond donors (Lipinski definition) is 1. The number of hydrogen-bond acceptors (Lipinski definition) is 2. The van der Waals surface area contributed by atoms with Crippen LogP contribution in [0.25, 0.3) is 0 Å². The molecule has 0 aliphatic carbocycles. The Bertz CT molecular complexity index is 129. The summed E-state index contributed by atoms with van der Waals surface area (Å²) in [6.07, 6.45) is 11.1. The van der Waals surface area contributed by atoms with Crippen molar-refractivity contribution in [2.24, 2.45) is 0 Å². The largest absolute Gasteiger partial charge is 0.870 e. The van der Waals surface area contributed by atoms with Crippen LogP contribution in [0.4, 0.5) is 0 Å². The molecule has 0 amide bonds. The van der Waals surface area contributed by atoms with Crippen molar-refractivity contribution in [2.45, 2.75) is 79.1 Å². The average Bonchev–Trinajstić information content (AvgIpc) is 2.48. The topological polar surface area (TPSA) is 81.7 Å². The molecule has 4 nitrogen and oxygen atoms in total. The molecular formula is C17H43NO3. The van der Waals surface area contributed by atoms with E-state index >= 15 is 0 Å². The number of rotatable bonds is 12. The number of nitrogens with zero attached hydrogens (tertiary/aromatic N) is 1. The van der Waals surface area contributed by atoms with Gasteiger partial charge in [0.1, 0.15) is 0 Å². The van der Waals surface area contributed by atoms with Crippen molar-refractivity contribution in [1.82, 2.24) is 0 Å². The first-order chi connectivity index (χ1) is 9.24. The van der Waals surface area contributed by atoms with Gasteiger partial charge in [0.25, 0.3) is 0 Å². The highest BCUT2D eigenvalue weighted by Crippen LogP contribution is 2.16. The molecule has 0 aromatic heterocycles. The van der Waals surface area contributed by atoms with E-state index in [2.05, 4.69) is 27.7 Å². The van der Waals surface area contributed by atoms with Crippen LogP contribution in [0, 0.1) is 0 Å². The SMILES string of the molecule is CCCC[N+](CCCC)(CCCC)CCCC.CO.O.[OH-]. The molecule has 4 heteroatoms. The minimum atomic E-state index is 0. The first-order valence-corrected chi connectivity index (χ1v) is 8.54. The summed E-state index contributed by atoms with van der Waals surface area (Å²) in [6, 6.07) is 0. The van der Waals surface area contributed by atoms with Gasteiger partial charge in [0.05, 0.1) is 26.2 Å². The lowest BCUT2D eigenvalue weighted by molar-refractivity contribution is -0.929. The molecule has 0 aromatic rings. The Morgan fingerprint density at radius 2 is 0.762 bits per heavy atom. The van der Waals surface area contributed by atoms with E-state index in [1.54, 1.807) is 0 Å². The van der Waals surface area contributed by atoms with Crippen molar-refractivity contribution in [3.63, 3.8) is 0 Å². The Hall–Kier alpha value is -0.160. The molecule has 0 radical (unpaired) electrons. The van der Waals surface area contributed by atoms with Crippen molar-refractivity contribution >= 4 is 0 Å². The summed E-state index contributed by atoms with van der Waals surface area (Å²) in [6.45, 7) is 15.0. The lowest BCUT2D eigenvalue weighted by Gasteiger charge is -2.39. The summed E-state index contributed by atoms with van der Waals surface area (Å²) in [5, 5.41) is 7.00. The molecule has 0 aliphatic heterocycles. The van der Waals surface area contributed by atoms with Gasteiger partial charge in [0, 0.05) is 7.11 Å². The molecule has 0 bridgehead atoms. The lowest BCUT2D eigenvalue weighted by Crippen LogP contribution is -2.50. The maximum absolute atomic E-state index is 7.00. The van der Waals surface area contributed by atoms with E-state index in [0.29, 0.717) is 0 Å². The molecule has 0 fully saturated rings. The second-order valence-corrected chi connectivity index (χ2v) is 5.65. The van der Waals surface area contributed by atoms with E-state index in [4.69, 9.17) is 5.11 Å². The van der Waals surface area contributed by atoms with Crippen LogP contribution in [0.15, 0.2) is 0 Å². The van der Waals surface area contributed by atoms with Gasteiger partial charge in [-0.3, -0.25) is 0 Å². The van der Waals surface area contributed by atoms with E-state index in [1.807, 2.05) is 0 Å². The molecule has 0 saturated carbocycles. The van der Waals surface area contributed by atoms with Crippen LogP contribution >= 0.6 is 0 Å². The molecule has 21 heavy (non-hydrogen) atoms. The second kappa shape index (κ2) is 22.1. The summed E-state index contributed by atoms with van der Waals surface area (Å²) >= 11 is 0. The van der Waals surface area contributed by atoms with E-state index in [-0.39, 0.29) is 11.0 Å². The van der Waals surface area contributed by atoms with Gasteiger partial charge in [0.15, 0.2) is 0 Å². The molecule has 4 N–H and O–H groups in total.